The van der Waals surface area contributed by atoms with Crippen molar-refractivity contribution in [2.75, 3.05) is 25.9 Å². The second-order valence-electron chi connectivity index (χ2n) is 7.44. The lowest BCUT2D eigenvalue weighted by Gasteiger charge is -2.21. The Labute approximate surface area is 181 Å². The summed E-state index contributed by atoms with van der Waals surface area (Å²) in [6.45, 7) is 10.3. The van der Waals surface area contributed by atoms with E-state index >= 15 is 0 Å². The second-order valence-corrected chi connectivity index (χ2v) is 10.9. The lowest BCUT2D eigenvalue weighted by atomic mass is 10.0. The molecule has 1 unspecified atom stereocenters. The third kappa shape index (κ3) is 7.07. The number of hydrogen-bond donors (Lipinski definition) is 1. The molecular formula is C18H33IN4OS2. The van der Waals surface area contributed by atoms with Crippen LogP contribution < -0.4 is 5.32 Å². The first-order chi connectivity index (χ1) is 11.8. The highest BCUT2D eigenvalue weighted by Crippen LogP contribution is 2.27. The van der Waals surface area contributed by atoms with Crippen molar-refractivity contribution < 1.29 is 4.21 Å². The topological polar surface area (TPSA) is 57.6 Å². The molecule has 0 aliphatic heterocycles. The smallest absolute Gasteiger partial charge is 0.194 e. The molecule has 1 aliphatic carbocycles. The first-order valence-electron chi connectivity index (χ1n) is 9.16. The van der Waals surface area contributed by atoms with Gasteiger partial charge in [0, 0.05) is 39.8 Å². The fourth-order valence-corrected chi connectivity index (χ4v) is 4.84. The average Bonchev–Trinajstić information content (AvgIpc) is 2.95. The molecule has 1 heterocycles. The SMILES string of the molecule is CCNC(=NCCS(=O)C(C)(C)C)N(C)Cc1nc2c(s1)CCCC2.I. The maximum atomic E-state index is 12.2. The van der Waals surface area contributed by atoms with E-state index < -0.39 is 10.8 Å². The Morgan fingerprint density at radius 1 is 1.35 bits per heavy atom. The fraction of sp³-hybridized carbons (Fsp3) is 0.778. The van der Waals surface area contributed by atoms with Crippen LogP contribution in [0.25, 0.3) is 0 Å². The van der Waals surface area contributed by atoms with Crippen LogP contribution in [0.2, 0.25) is 0 Å². The van der Waals surface area contributed by atoms with Crippen molar-refractivity contribution in [2.24, 2.45) is 4.99 Å². The second kappa shape index (κ2) is 10.9. The summed E-state index contributed by atoms with van der Waals surface area (Å²) in [5, 5.41) is 4.50. The van der Waals surface area contributed by atoms with E-state index in [1.54, 1.807) is 0 Å². The van der Waals surface area contributed by atoms with Gasteiger partial charge in [0.05, 0.1) is 18.8 Å². The van der Waals surface area contributed by atoms with Gasteiger partial charge in [0.2, 0.25) is 0 Å². The summed E-state index contributed by atoms with van der Waals surface area (Å²) < 4.78 is 12.0. The molecular weight excluding hydrogens is 479 g/mol. The Morgan fingerprint density at radius 3 is 2.65 bits per heavy atom. The van der Waals surface area contributed by atoms with E-state index in [9.17, 15) is 4.21 Å². The van der Waals surface area contributed by atoms with Gasteiger partial charge in [0.1, 0.15) is 5.01 Å². The van der Waals surface area contributed by atoms with Crippen molar-refractivity contribution in [3.8, 4) is 0 Å². The number of nitrogens with zero attached hydrogens (tertiary/aromatic N) is 3. The lowest BCUT2D eigenvalue weighted by Crippen LogP contribution is -2.39. The molecule has 0 bridgehead atoms. The Hall–Kier alpha value is -0.220. The largest absolute Gasteiger partial charge is 0.357 e. The van der Waals surface area contributed by atoms with Gasteiger partial charge in [-0.3, -0.25) is 9.20 Å². The van der Waals surface area contributed by atoms with Crippen molar-refractivity contribution in [1.82, 2.24) is 15.2 Å². The van der Waals surface area contributed by atoms with E-state index in [0.717, 1.165) is 25.5 Å². The standard InChI is InChI=1S/C18H32N4OS2.HI/c1-6-19-17(20-11-12-25(23)18(2,3)4)22(5)13-16-21-14-9-7-8-10-15(14)24-16;/h6-13H2,1-5H3,(H,19,20);1H. The average molecular weight is 513 g/mol. The summed E-state index contributed by atoms with van der Waals surface area (Å²) in [6, 6.07) is 0. The van der Waals surface area contributed by atoms with Gasteiger partial charge in [-0.2, -0.15) is 0 Å². The number of hydrogen-bond acceptors (Lipinski definition) is 4. The van der Waals surface area contributed by atoms with Crippen molar-refractivity contribution in [3.05, 3.63) is 15.6 Å². The van der Waals surface area contributed by atoms with Crippen LogP contribution >= 0.6 is 35.3 Å². The number of aryl methyl sites for hydroxylation is 2. The predicted molar refractivity (Wildman–Crippen MR) is 124 cm³/mol. The molecule has 0 saturated heterocycles. The predicted octanol–water partition coefficient (Wildman–Crippen LogP) is 3.58. The lowest BCUT2D eigenvalue weighted by molar-refractivity contribution is 0.475. The van der Waals surface area contributed by atoms with Crippen molar-refractivity contribution >= 4 is 52.1 Å². The molecule has 0 fully saturated rings. The fourth-order valence-electron chi connectivity index (χ4n) is 2.76. The van der Waals surface area contributed by atoms with Gasteiger partial charge in [-0.05, 0) is 53.4 Å². The highest BCUT2D eigenvalue weighted by atomic mass is 127. The van der Waals surface area contributed by atoms with Crippen LogP contribution in [0.5, 0.6) is 0 Å². The molecule has 26 heavy (non-hydrogen) atoms. The molecule has 0 aromatic carbocycles. The molecule has 1 aromatic heterocycles. The Morgan fingerprint density at radius 2 is 2.04 bits per heavy atom. The van der Waals surface area contributed by atoms with Crippen LogP contribution in [0.3, 0.4) is 0 Å². The number of aliphatic imine (C=N–C) groups is 1. The Kier molecular flexibility index (Phi) is 10.0. The molecule has 2 rings (SSSR count). The number of fused-ring (bicyclic) bond motifs is 1. The van der Waals surface area contributed by atoms with Crippen LogP contribution in [0, 0.1) is 0 Å². The number of rotatable bonds is 6. The molecule has 0 radical (unpaired) electrons. The van der Waals surface area contributed by atoms with E-state index in [1.165, 1.54) is 34.8 Å². The number of guanidine groups is 1. The van der Waals surface area contributed by atoms with Crippen LogP contribution in [-0.2, 0) is 30.2 Å². The maximum absolute atomic E-state index is 12.2. The molecule has 150 valence electrons. The van der Waals surface area contributed by atoms with Gasteiger partial charge in [0.25, 0.3) is 0 Å². The molecule has 5 nitrogen and oxygen atoms in total. The van der Waals surface area contributed by atoms with E-state index in [0.29, 0.717) is 12.3 Å². The summed E-state index contributed by atoms with van der Waals surface area (Å²) in [5.74, 6) is 1.46. The van der Waals surface area contributed by atoms with Crippen LogP contribution in [0.1, 0.15) is 56.1 Å². The van der Waals surface area contributed by atoms with Crippen molar-refractivity contribution in [2.45, 2.75) is 64.7 Å². The Balaban J connectivity index is 0.00000338. The highest BCUT2D eigenvalue weighted by molar-refractivity contribution is 14.0. The third-order valence-corrected chi connectivity index (χ3v) is 7.24. The minimum atomic E-state index is -0.868. The minimum Gasteiger partial charge on any atom is -0.357 e. The summed E-state index contributed by atoms with van der Waals surface area (Å²) in [7, 11) is 1.18. The maximum Gasteiger partial charge on any atom is 0.194 e. The molecule has 0 amide bonds. The molecule has 1 atom stereocenters. The first-order valence-corrected chi connectivity index (χ1v) is 11.3. The van der Waals surface area contributed by atoms with E-state index in [2.05, 4.69) is 22.1 Å². The molecule has 1 aliphatic rings. The number of halogens is 1. The molecule has 0 saturated carbocycles. The van der Waals surface area contributed by atoms with Crippen molar-refractivity contribution in [3.63, 3.8) is 0 Å². The summed E-state index contributed by atoms with van der Waals surface area (Å²) in [4.78, 5) is 13.1. The summed E-state index contributed by atoms with van der Waals surface area (Å²) in [5.41, 5.74) is 1.31. The van der Waals surface area contributed by atoms with E-state index in [4.69, 9.17) is 4.98 Å². The van der Waals surface area contributed by atoms with Gasteiger partial charge in [-0.1, -0.05) is 0 Å². The quantitative estimate of drug-likeness (QED) is 0.360. The summed E-state index contributed by atoms with van der Waals surface area (Å²) >= 11 is 1.85. The van der Waals surface area contributed by atoms with Crippen LogP contribution in [0.4, 0.5) is 0 Å². The van der Waals surface area contributed by atoms with Gasteiger partial charge in [-0.15, -0.1) is 35.3 Å². The minimum absolute atomic E-state index is 0. The van der Waals surface area contributed by atoms with E-state index in [1.807, 2.05) is 39.2 Å². The third-order valence-electron chi connectivity index (χ3n) is 4.18. The first kappa shape index (κ1) is 23.8. The van der Waals surface area contributed by atoms with Gasteiger partial charge in [-0.25, -0.2) is 4.98 Å². The van der Waals surface area contributed by atoms with Gasteiger partial charge >= 0.3 is 0 Å². The van der Waals surface area contributed by atoms with Crippen molar-refractivity contribution in [1.29, 1.82) is 0 Å². The van der Waals surface area contributed by atoms with E-state index in [-0.39, 0.29) is 28.7 Å². The molecule has 1 N–H and O–H groups in total. The van der Waals surface area contributed by atoms with Crippen LogP contribution in [0.15, 0.2) is 4.99 Å². The zero-order valence-corrected chi connectivity index (χ0v) is 20.6. The van der Waals surface area contributed by atoms with Gasteiger partial charge < -0.3 is 10.2 Å². The molecule has 1 aromatic rings. The monoisotopic (exact) mass is 512 g/mol. The molecule has 8 heteroatoms. The highest BCUT2D eigenvalue weighted by Gasteiger charge is 2.19. The zero-order valence-electron chi connectivity index (χ0n) is 16.6. The van der Waals surface area contributed by atoms with Crippen LogP contribution in [-0.4, -0.2) is 50.7 Å². The number of aromatic nitrogens is 1. The normalized spacial score (nSPS) is 15.8. The summed E-state index contributed by atoms with van der Waals surface area (Å²) in [6.07, 6.45) is 4.87. The Bertz CT molecular complexity index is 602. The molecule has 0 spiro atoms. The van der Waals surface area contributed by atoms with Gasteiger partial charge in [0.15, 0.2) is 5.96 Å². The zero-order chi connectivity index (χ0) is 18.4. The number of thiazole rings is 1. The number of nitrogens with one attached hydrogen (secondary N) is 1.